The lowest BCUT2D eigenvalue weighted by molar-refractivity contribution is -0.128. The van der Waals surface area contributed by atoms with Crippen molar-refractivity contribution in [2.45, 2.75) is 98.6 Å². The van der Waals surface area contributed by atoms with Crippen molar-refractivity contribution in [1.29, 1.82) is 5.26 Å². The minimum Gasteiger partial charge on any atom is -0.367 e. The van der Waals surface area contributed by atoms with Crippen LogP contribution in [0.1, 0.15) is 81.5 Å². The number of hydrogen-bond acceptors (Lipinski definition) is 9. The van der Waals surface area contributed by atoms with Crippen LogP contribution in [-0.4, -0.2) is 95.1 Å². The van der Waals surface area contributed by atoms with Crippen LogP contribution in [0.25, 0.3) is 17.0 Å². The zero-order chi connectivity index (χ0) is 38.7. The van der Waals surface area contributed by atoms with E-state index in [-0.39, 0.29) is 20.4 Å². The molecule has 0 bridgehead atoms. The zero-order valence-corrected chi connectivity index (χ0v) is 33.3. The average Bonchev–Trinajstić information content (AvgIpc) is 3.51. The standard InChI is InChI=1S/C37H52F3N9.C2H5OP/c1-7-24(2)29(20-37(38,39)40)18-33-27(5)44-36(42-6)46-35(33)45-30-10-14-47(15-11-30)23-28-8-9-34-32(26(28)4)19-31(21-41)49(34)22-25(3)48-16-12-43-13-17-48;1-2-4-3/h8-9,18-19,24-25,30,43H,7,10-17,20,22-23H2,1-6H3,(H2,42,44,45,46);2H2,1H3/b29-18-;/t24?,25-;/m0./s1. The van der Waals surface area contributed by atoms with Crippen LogP contribution in [-0.2, 0) is 17.7 Å². The summed E-state index contributed by atoms with van der Waals surface area (Å²) < 4.78 is 52.0. The van der Waals surface area contributed by atoms with E-state index in [9.17, 15) is 23.0 Å². The van der Waals surface area contributed by atoms with Gasteiger partial charge in [-0.05, 0) is 75.3 Å². The highest BCUT2D eigenvalue weighted by Crippen LogP contribution is 2.34. The summed E-state index contributed by atoms with van der Waals surface area (Å²) in [7, 11) is 1.99. The van der Waals surface area contributed by atoms with Crippen LogP contribution >= 0.6 is 8.46 Å². The number of piperidine rings is 1. The quantitative estimate of drug-likeness (QED) is 0.149. The van der Waals surface area contributed by atoms with E-state index in [4.69, 9.17) is 0 Å². The maximum atomic E-state index is 13.5. The molecule has 2 saturated heterocycles. The van der Waals surface area contributed by atoms with Gasteiger partial charge in [0.25, 0.3) is 0 Å². The van der Waals surface area contributed by atoms with Crippen LogP contribution < -0.4 is 16.0 Å². The van der Waals surface area contributed by atoms with Crippen molar-refractivity contribution in [2.24, 2.45) is 5.92 Å². The number of aromatic nitrogens is 3. The lowest BCUT2D eigenvalue weighted by Crippen LogP contribution is -2.48. The fraction of sp³-hybridized carbons (Fsp3) is 0.615. The first-order valence-corrected chi connectivity index (χ1v) is 19.9. The van der Waals surface area contributed by atoms with E-state index >= 15 is 0 Å². The second-order valence-corrected chi connectivity index (χ2v) is 15.2. The third kappa shape index (κ3) is 11.5. The zero-order valence-electron chi connectivity index (χ0n) is 32.4. The Labute approximate surface area is 314 Å². The fourth-order valence-electron chi connectivity index (χ4n) is 7.18. The summed E-state index contributed by atoms with van der Waals surface area (Å²) in [6, 6.07) is 9.34. The van der Waals surface area contributed by atoms with Gasteiger partial charge in [0.2, 0.25) is 5.95 Å². The monoisotopic (exact) mass is 755 g/mol. The number of hydrogen-bond donors (Lipinski definition) is 3. The SMILES string of the molecule is CCC(C)/C(=C\c1c(C)nc(NC)nc1NC1CCN(Cc2ccc3c(cc(C#N)n3C[C@H](C)N3CCNCC3)c2C)CC1)CC(F)(F)F.CCP=O. The van der Waals surface area contributed by atoms with Crippen LogP contribution in [0.2, 0.25) is 0 Å². The largest absolute Gasteiger partial charge is 0.392 e. The van der Waals surface area contributed by atoms with E-state index in [1.54, 1.807) is 13.1 Å². The smallest absolute Gasteiger partial charge is 0.367 e. The van der Waals surface area contributed by atoms with Crippen molar-refractivity contribution in [1.82, 2.24) is 29.7 Å². The molecule has 0 radical (unpaired) electrons. The summed E-state index contributed by atoms with van der Waals surface area (Å²) in [5, 5.41) is 21.1. The van der Waals surface area contributed by atoms with Crippen LogP contribution in [0.4, 0.5) is 24.9 Å². The Morgan fingerprint density at radius 1 is 1.13 bits per heavy atom. The topological polar surface area (TPSA) is 114 Å². The Hall–Kier alpha value is -3.56. The molecule has 1 unspecified atom stereocenters. The highest BCUT2D eigenvalue weighted by Gasteiger charge is 2.31. The molecule has 290 valence electrons. The molecule has 2 fully saturated rings. The van der Waals surface area contributed by atoms with E-state index in [0.29, 0.717) is 46.8 Å². The number of nitrogens with zero attached hydrogens (tertiary/aromatic N) is 6. The van der Waals surface area contributed by atoms with E-state index < -0.39 is 12.6 Å². The molecule has 0 aliphatic carbocycles. The number of likely N-dealkylation sites (tertiary alicyclic amines) is 1. The highest BCUT2D eigenvalue weighted by atomic mass is 31.1. The van der Waals surface area contributed by atoms with E-state index in [1.165, 1.54) is 11.1 Å². The number of halogens is 3. The molecule has 10 nitrogen and oxygen atoms in total. The second kappa shape index (κ2) is 19.7. The summed E-state index contributed by atoms with van der Waals surface area (Å²) in [5.74, 6) is 0.798. The Kier molecular flexibility index (Phi) is 15.7. The van der Waals surface area contributed by atoms with Gasteiger partial charge in [0.15, 0.2) is 8.46 Å². The van der Waals surface area contributed by atoms with Crippen molar-refractivity contribution in [2.75, 3.05) is 63.1 Å². The third-order valence-electron chi connectivity index (χ3n) is 10.6. The number of nitriles is 1. The van der Waals surface area contributed by atoms with Crippen molar-refractivity contribution >= 4 is 37.2 Å². The molecule has 2 aliphatic rings. The number of allylic oxidation sites excluding steroid dienone is 1. The predicted octanol–water partition coefficient (Wildman–Crippen LogP) is 8.01. The van der Waals surface area contributed by atoms with Gasteiger partial charge >= 0.3 is 6.18 Å². The van der Waals surface area contributed by atoms with Gasteiger partial charge in [0, 0.05) is 94.1 Å². The third-order valence-corrected chi connectivity index (χ3v) is 10.9. The molecule has 5 rings (SSSR count). The molecule has 0 saturated carbocycles. The van der Waals surface area contributed by atoms with Gasteiger partial charge < -0.3 is 20.5 Å². The number of benzene rings is 1. The first-order valence-electron chi connectivity index (χ1n) is 18.9. The molecule has 3 aromatic rings. The Morgan fingerprint density at radius 2 is 1.81 bits per heavy atom. The first-order chi connectivity index (χ1) is 25.3. The number of anilines is 2. The minimum atomic E-state index is -4.29. The van der Waals surface area contributed by atoms with Crippen molar-refractivity contribution in [3.63, 3.8) is 0 Å². The first kappa shape index (κ1) is 42.2. The molecule has 2 aliphatic heterocycles. The molecule has 0 amide bonds. The van der Waals surface area contributed by atoms with Crippen LogP contribution in [0.15, 0.2) is 23.8 Å². The van der Waals surface area contributed by atoms with Gasteiger partial charge in [0.1, 0.15) is 17.6 Å². The average molecular weight is 756 g/mol. The predicted molar refractivity (Wildman–Crippen MR) is 210 cm³/mol. The Bertz CT molecular complexity index is 1740. The molecule has 3 N–H and O–H groups in total. The molecule has 2 atom stereocenters. The van der Waals surface area contributed by atoms with Crippen molar-refractivity contribution in [3.8, 4) is 6.07 Å². The van der Waals surface area contributed by atoms with Gasteiger partial charge in [-0.15, -0.1) is 0 Å². The van der Waals surface area contributed by atoms with Crippen molar-refractivity contribution < 1.29 is 17.7 Å². The summed E-state index contributed by atoms with van der Waals surface area (Å²) >= 11 is 0. The van der Waals surface area contributed by atoms with Gasteiger partial charge in [-0.3, -0.25) is 14.4 Å². The molecule has 53 heavy (non-hydrogen) atoms. The molecular formula is C39H57F3N9OP. The van der Waals surface area contributed by atoms with Gasteiger partial charge in [-0.25, -0.2) is 4.98 Å². The van der Waals surface area contributed by atoms with E-state index in [2.05, 4.69) is 72.3 Å². The normalized spacial score (nSPS) is 17.6. The van der Waals surface area contributed by atoms with E-state index in [0.717, 1.165) is 82.3 Å². The minimum absolute atomic E-state index is 0.130. The lowest BCUT2D eigenvalue weighted by atomic mass is 9.93. The molecule has 1 aromatic carbocycles. The highest BCUT2D eigenvalue weighted by molar-refractivity contribution is 7.23. The number of alkyl halides is 3. The summed E-state index contributed by atoms with van der Waals surface area (Å²) in [6.07, 6.45) is -0.473. The maximum Gasteiger partial charge on any atom is 0.392 e. The van der Waals surface area contributed by atoms with Crippen molar-refractivity contribution in [3.05, 3.63) is 51.9 Å². The molecule has 14 heteroatoms. The molecule has 2 aromatic heterocycles. The van der Waals surface area contributed by atoms with Gasteiger partial charge in [-0.2, -0.15) is 23.4 Å². The van der Waals surface area contributed by atoms with Crippen LogP contribution in [0.3, 0.4) is 0 Å². The molecule has 4 heterocycles. The Morgan fingerprint density at radius 3 is 2.40 bits per heavy atom. The number of aryl methyl sites for hydroxylation is 2. The summed E-state index contributed by atoms with van der Waals surface area (Å²) in [4.78, 5) is 14.1. The molecular weight excluding hydrogens is 698 g/mol. The summed E-state index contributed by atoms with van der Waals surface area (Å²) in [6.45, 7) is 19.2. The van der Waals surface area contributed by atoms with Crippen LogP contribution in [0, 0.1) is 31.1 Å². The summed E-state index contributed by atoms with van der Waals surface area (Å²) in [5.41, 5.74) is 5.89. The number of piperazine rings is 1. The molecule has 0 spiro atoms. The van der Waals surface area contributed by atoms with Crippen LogP contribution in [0.5, 0.6) is 0 Å². The van der Waals surface area contributed by atoms with E-state index in [1.807, 2.05) is 33.8 Å². The second-order valence-electron chi connectivity index (χ2n) is 14.3. The van der Waals surface area contributed by atoms with Gasteiger partial charge in [-0.1, -0.05) is 32.4 Å². The maximum absolute atomic E-state index is 13.5. The number of fused-ring (bicyclic) bond motifs is 1. The fourth-order valence-corrected chi connectivity index (χ4v) is 7.18. The lowest BCUT2D eigenvalue weighted by Gasteiger charge is -2.33. The number of nitrogens with one attached hydrogen (secondary N) is 3. The van der Waals surface area contributed by atoms with Gasteiger partial charge in [0.05, 0.1) is 12.1 Å². The Balaban J connectivity index is 0.00000149. The number of rotatable bonds is 13.